The van der Waals surface area contributed by atoms with Gasteiger partial charge in [-0.1, -0.05) is 43.0 Å². The second-order valence-corrected chi connectivity index (χ2v) is 6.56. The van der Waals surface area contributed by atoms with E-state index < -0.39 is 5.97 Å². The van der Waals surface area contributed by atoms with Crippen LogP contribution in [0.4, 0.5) is 0 Å². The molecule has 0 atom stereocenters. The summed E-state index contributed by atoms with van der Waals surface area (Å²) in [6, 6.07) is 8.43. The van der Waals surface area contributed by atoms with E-state index in [0.29, 0.717) is 0 Å². The number of hydrogen-bond acceptors (Lipinski definition) is 5. The van der Waals surface area contributed by atoms with Crippen molar-refractivity contribution in [2.24, 2.45) is 0 Å². The summed E-state index contributed by atoms with van der Waals surface area (Å²) < 4.78 is 0. The third-order valence-corrected chi connectivity index (χ3v) is 5.20. The molecule has 1 aromatic carbocycles. The maximum Gasteiger partial charge on any atom is 0.313 e. The summed E-state index contributed by atoms with van der Waals surface area (Å²) in [5, 5.41) is 12.6. The lowest BCUT2D eigenvalue weighted by Gasteiger charge is -2.05. The van der Waals surface area contributed by atoms with E-state index >= 15 is 0 Å². The van der Waals surface area contributed by atoms with Crippen molar-refractivity contribution in [1.82, 2.24) is 9.97 Å². The minimum absolute atomic E-state index is 0.00380. The van der Waals surface area contributed by atoms with E-state index in [0.717, 1.165) is 32.8 Å². The molecule has 2 aromatic heterocycles. The standard InChI is InChI=1S/C16H14N2O2S2/c1-2-10-3-5-11(6-4-10)12-7-21-15-14(12)16(18-9-17-15)22-8-13(19)20/h3-7,9H,2,8H2,1H3,(H,19,20). The minimum atomic E-state index is -0.846. The summed E-state index contributed by atoms with van der Waals surface area (Å²) >= 11 is 2.79. The monoisotopic (exact) mass is 330 g/mol. The van der Waals surface area contributed by atoms with Crippen LogP contribution in [0.15, 0.2) is 41.0 Å². The summed E-state index contributed by atoms with van der Waals surface area (Å²) in [6.45, 7) is 2.13. The predicted octanol–water partition coefficient (Wildman–Crippen LogP) is 4.10. The zero-order valence-electron chi connectivity index (χ0n) is 11.9. The quantitative estimate of drug-likeness (QED) is 0.564. The highest BCUT2D eigenvalue weighted by molar-refractivity contribution is 8.00. The zero-order chi connectivity index (χ0) is 15.5. The van der Waals surface area contributed by atoms with E-state index in [1.165, 1.54) is 23.7 Å². The number of nitrogens with zero attached hydrogens (tertiary/aromatic N) is 2. The van der Waals surface area contributed by atoms with Crippen LogP contribution in [0.5, 0.6) is 0 Å². The van der Waals surface area contributed by atoms with E-state index in [4.69, 9.17) is 5.11 Å². The maximum absolute atomic E-state index is 10.8. The van der Waals surface area contributed by atoms with Crippen molar-refractivity contribution >= 4 is 39.3 Å². The second-order valence-electron chi connectivity index (χ2n) is 4.74. The predicted molar refractivity (Wildman–Crippen MR) is 90.6 cm³/mol. The molecule has 3 rings (SSSR count). The van der Waals surface area contributed by atoms with Gasteiger partial charge < -0.3 is 5.11 Å². The van der Waals surface area contributed by atoms with E-state index in [1.54, 1.807) is 11.3 Å². The fraction of sp³-hybridized carbons (Fsp3) is 0.188. The lowest BCUT2D eigenvalue weighted by Crippen LogP contribution is -1.98. The Balaban J connectivity index is 2.07. The molecular weight excluding hydrogens is 316 g/mol. The van der Waals surface area contributed by atoms with Crippen molar-refractivity contribution in [2.75, 3.05) is 5.75 Å². The Bertz CT molecular complexity index is 813. The van der Waals surface area contributed by atoms with Crippen LogP contribution in [0.25, 0.3) is 21.3 Å². The normalized spacial score (nSPS) is 11.0. The average molecular weight is 330 g/mol. The first-order chi connectivity index (χ1) is 10.7. The van der Waals surface area contributed by atoms with Crippen LogP contribution in [0.2, 0.25) is 0 Å². The molecule has 1 N–H and O–H groups in total. The molecule has 4 nitrogen and oxygen atoms in total. The highest BCUT2D eigenvalue weighted by Crippen LogP contribution is 2.37. The Morgan fingerprint density at radius 2 is 2.05 bits per heavy atom. The van der Waals surface area contributed by atoms with Crippen LogP contribution in [-0.2, 0) is 11.2 Å². The number of carboxylic acids is 1. The van der Waals surface area contributed by atoms with Gasteiger partial charge in [-0.3, -0.25) is 4.79 Å². The summed E-state index contributed by atoms with van der Waals surface area (Å²) in [7, 11) is 0. The third-order valence-electron chi connectivity index (χ3n) is 3.34. The van der Waals surface area contributed by atoms with Gasteiger partial charge in [-0.25, -0.2) is 9.97 Å². The van der Waals surface area contributed by atoms with Crippen LogP contribution in [0, 0.1) is 0 Å². The van der Waals surface area contributed by atoms with Crippen molar-refractivity contribution in [3.63, 3.8) is 0 Å². The van der Waals surface area contributed by atoms with Gasteiger partial charge >= 0.3 is 5.97 Å². The summed E-state index contributed by atoms with van der Waals surface area (Å²) in [5.41, 5.74) is 3.46. The number of thiophene rings is 1. The average Bonchev–Trinajstić information content (AvgIpc) is 2.97. The van der Waals surface area contributed by atoms with Crippen molar-refractivity contribution < 1.29 is 9.90 Å². The molecule has 0 spiro atoms. The van der Waals surface area contributed by atoms with Crippen LogP contribution in [-0.4, -0.2) is 26.8 Å². The number of aromatic nitrogens is 2. The third kappa shape index (κ3) is 2.98. The Kier molecular flexibility index (Phi) is 4.40. The largest absolute Gasteiger partial charge is 0.481 e. The fourth-order valence-electron chi connectivity index (χ4n) is 2.22. The number of aryl methyl sites for hydroxylation is 1. The first-order valence-electron chi connectivity index (χ1n) is 6.85. The molecule has 3 aromatic rings. The molecule has 0 radical (unpaired) electrons. The molecule has 0 unspecified atom stereocenters. The smallest absolute Gasteiger partial charge is 0.313 e. The molecule has 0 aliphatic carbocycles. The lowest BCUT2D eigenvalue weighted by molar-refractivity contribution is -0.133. The number of aliphatic carboxylic acids is 1. The van der Waals surface area contributed by atoms with Gasteiger partial charge in [0.2, 0.25) is 0 Å². The fourth-order valence-corrected chi connectivity index (χ4v) is 3.93. The molecule has 0 aliphatic rings. The lowest BCUT2D eigenvalue weighted by atomic mass is 10.0. The van der Waals surface area contributed by atoms with Crippen molar-refractivity contribution in [1.29, 1.82) is 0 Å². The van der Waals surface area contributed by atoms with Gasteiger partial charge in [-0.2, -0.15) is 0 Å². The van der Waals surface area contributed by atoms with Gasteiger partial charge in [-0.15, -0.1) is 11.3 Å². The topological polar surface area (TPSA) is 63.1 Å². The molecule has 22 heavy (non-hydrogen) atoms. The van der Waals surface area contributed by atoms with Crippen molar-refractivity contribution in [3.05, 3.63) is 41.5 Å². The highest BCUT2D eigenvalue weighted by atomic mass is 32.2. The van der Waals surface area contributed by atoms with Gasteiger partial charge in [0.15, 0.2) is 0 Å². The molecular formula is C16H14N2O2S2. The number of carboxylic acid groups (broad SMARTS) is 1. The Hall–Kier alpha value is -1.92. The molecule has 2 heterocycles. The van der Waals surface area contributed by atoms with E-state index in [1.807, 2.05) is 0 Å². The highest BCUT2D eigenvalue weighted by Gasteiger charge is 2.14. The Morgan fingerprint density at radius 3 is 2.73 bits per heavy atom. The van der Waals surface area contributed by atoms with Gasteiger partial charge in [0.05, 0.1) is 11.1 Å². The van der Waals surface area contributed by atoms with Gasteiger partial charge in [0, 0.05) is 10.9 Å². The van der Waals surface area contributed by atoms with Gasteiger partial charge in [0.1, 0.15) is 16.2 Å². The van der Waals surface area contributed by atoms with Gasteiger partial charge in [0.25, 0.3) is 0 Å². The van der Waals surface area contributed by atoms with Crippen molar-refractivity contribution in [3.8, 4) is 11.1 Å². The summed E-state index contributed by atoms with van der Waals surface area (Å²) in [4.78, 5) is 20.3. The molecule has 0 fully saturated rings. The molecule has 6 heteroatoms. The van der Waals surface area contributed by atoms with Crippen LogP contribution in [0.1, 0.15) is 12.5 Å². The number of rotatable bonds is 5. The van der Waals surface area contributed by atoms with E-state index in [-0.39, 0.29) is 5.75 Å². The summed E-state index contributed by atoms with van der Waals surface area (Å²) in [5.74, 6) is -0.850. The van der Waals surface area contributed by atoms with Crippen LogP contribution >= 0.6 is 23.1 Å². The molecule has 0 amide bonds. The number of benzene rings is 1. The SMILES string of the molecule is CCc1ccc(-c2csc3ncnc(SCC(=O)O)c23)cc1. The second kappa shape index (κ2) is 6.46. The molecule has 0 aliphatic heterocycles. The van der Waals surface area contributed by atoms with Crippen molar-refractivity contribution in [2.45, 2.75) is 18.4 Å². The molecule has 0 saturated carbocycles. The first-order valence-corrected chi connectivity index (χ1v) is 8.71. The zero-order valence-corrected chi connectivity index (χ0v) is 13.6. The number of carbonyl (C=O) groups is 1. The number of hydrogen-bond donors (Lipinski definition) is 1. The van der Waals surface area contributed by atoms with Gasteiger partial charge in [-0.05, 0) is 17.5 Å². The number of fused-ring (bicyclic) bond motifs is 1. The van der Waals surface area contributed by atoms with E-state index in [9.17, 15) is 4.79 Å². The van der Waals surface area contributed by atoms with E-state index in [2.05, 4.69) is 46.5 Å². The Labute approximate surface area is 136 Å². The Morgan fingerprint density at radius 1 is 1.27 bits per heavy atom. The van der Waals surface area contributed by atoms with Crippen LogP contribution < -0.4 is 0 Å². The van der Waals surface area contributed by atoms with Crippen LogP contribution in [0.3, 0.4) is 0 Å². The number of thioether (sulfide) groups is 1. The molecule has 0 saturated heterocycles. The summed E-state index contributed by atoms with van der Waals surface area (Å²) in [6.07, 6.45) is 2.50. The molecule has 112 valence electrons. The first kappa shape index (κ1) is 15.0. The molecule has 0 bridgehead atoms. The maximum atomic E-state index is 10.8. The minimum Gasteiger partial charge on any atom is -0.481 e.